The number of nitrogens with two attached hydrogens (primary N) is 1. The molecular weight excluding hydrogens is 142 g/mol. The number of aliphatic hydroxyl groups is 1. The van der Waals surface area contributed by atoms with Crippen molar-refractivity contribution < 1.29 is 9.84 Å². The molecule has 0 aliphatic carbocycles. The molecule has 1 saturated heterocycles. The summed E-state index contributed by atoms with van der Waals surface area (Å²) in [6.07, 6.45) is 0.731. The predicted octanol–water partition coefficient (Wildman–Crippen LogP) is 0.508. The number of ether oxygens (including phenoxy) is 1. The summed E-state index contributed by atoms with van der Waals surface area (Å²) in [5.41, 5.74) is 5.19. The molecular formula is C8H19NO2. The van der Waals surface area contributed by atoms with E-state index < -0.39 is 0 Å². The van der Waals surface area contributed by atoms with Gasteiger partial charge < -0.3 is 15.6 Å². The molecule has 1 aliphatic rings. The van der Waals surface area contributed by atoms with Gasteiger partial charge in [0.15, 0.2) is 0 Å². The smallest absolute Gasteiger partial charge is 0.0811 e. The Morgan fingerprint density at radius 2 is 1.45 bits per heavy atom. The molecule has 0 aromatic rings. The maximum absolute atomic E-state index is 8.50. The van der Waals surface area contributed by atoms with E-state index in [0.717, 1.165) is 0 Å². The van der Waals surface area contributed by atoms with Crippen molar-refractivity contribution in [3.8, 4) is 0 Å². The van der Waals surface area contributed by atoms with Gasteiger partial charge in [0.1, 0.15) is 0 Å². The van der Waals surface area contributed by atoms with E-state index in [1.165, 1.54) is 0 Å². The zero-order valence-electron chi connectivity index (χ0n) is 7.74. The van der Waals surface area contributed by atoms with Gasteiger partial charge in [0.25, 0.3) is 0 Å². The van der Waals surface area contributed by atoms with Gasteiger partial charge in [-0.3, -0.25) is 0 Å². The first kappa shape index (κ1) is 10.9. The molecule has 0 saturated carbocycles. The summed E-state index contributed by atoms with van der Waals surface area (Å²) >= 11 is 0. The van der Waals surface area contributed by atoms with Crippen molar-refractivity contribution in [3.63, 3.8) is 0 Å². The lowest BCUT2D eigenvalue weighted by molar-refractivity contribution is 0.170. The molecule has 68 valence electrons. The molecule has 0 radical (unpaired) electrons. The van der Waals surface area contributed by atoms with Gasteiger partial charge in [-0.1, -0.05) is 0 Å². The van der Waals surface area contributed by atoms with Crippen LogP contribution in [0.3, 0.4) is 0 Å². The monoisotopic (exact) mass is 161 g/mol. The zero-order chi connectivity index (χ0) is 9.02. The molecule has 1 rings (SSSR count). The average Bonchev–Trinajstić information content (AvgIpc) is 2.46. The lowest BCUT2D eigenvalue weighted by Crippen LogP contribution is -2.28. The van der Waals surface area contributed by atoms with Gasteiger partial charge in [0, 0.05) is 6.04 Å². The molecule has 0 spiro atoms. The zero-order valence-corrected chi connectivity index (χ0v) is 7.74. The minimum Gasteiger partial charge on any atom is -0.392 e. The molecule has 3 heteroatoms. The molecule has 0 bridgehead atoms. The Balaban J connectivity index is 0.000000183. The van der Waals surface area contributed by atoms with Crippen molar-refractivity contribution in [1.82, 2.24) is 0 Å². The van der Waals surface area contributed by atoms with Crippen molar-refractivity contribution in [2.45, 2.75) is 52.0 Å². The van der Waals surface area contributed by atoms with Gasteiger partial charge in [0.05, 0.1) is 18.3 Å². The standard InChI is InChI=1S/C4H11NO.C4H8O/c1-3(5)4(2)6;1-3-4(2)5-3/h3-4,6H,5H2,1-2H3;3-4H,1-2H3/t;3-,4?/m.0/s1. The van der Waals surface area contributed by atoms with Gasteiger partial charge in [-0.05, 0) is 27.7 Å². The quantitative estimate of drug-likeness (QED) is 0.551. The highest BCUT2D eigenvalue weighted by Gasteiger charge is 2.27. The predicted molar refractivity (Wildman–Crippen MR) is 45.3 cm³/mol. The molecule has 0 amide bonds. The number of rotatable bonds is 1. The van der Waals surface area contributed by atoms with E-state index in [1.807, 2.05) is 0 Å². The second-order valence-electron chi connectivity index (χ2n) is 3.15. The molecule has 0 aromatic carbocycles. The van der Waals surface area contributed by atoms with Gasteiger partial charge in [-0.15, -0.1) is 0 Å². The van der Waals surface area contributed by atoms with E-state index in [1.54, 1.807) is 13.8 Å². The van der Waals surface area contributed by atoms with Crippen LogP contribution < -0.4 is 5.73 Å². The molecule has 3 N–H and O–H groups in total. The maximum atomic E-state index is 8.50. The Morgan fingerprint density at radius 1 is 1.27 bits per heavy atom. The fourth-order valence-corrected chi connectivity index (χ4v) is 0.293. The average molecular weight is 161 g/mol. The van der Waals surface area contributed by atoms with Crippen molar-refractivity contribution in [1.29, 1.82) is 0 Å². The highest BCUT2D eigenvalue weighted by Crippen LogP contribution is 2.18. The Bertz CT molecular complexity index is 92.3. The summed E-state index contributed by atoms with van der Waals surface area (Å²) in [6, 6.07) is -0.0926. The van der Waals surface area contributed by atoms with Crippen molar-refractivity contribution in [2.24, 2.45) is 5.73 Å². The number of aliphatic hydroxyl groups excluding tert-OH is 1. The van der Waals surface area contributed by atoms with Crippen LogP contribution in [-0.2, 0) is 4.74 Å². The first-order valence-electron chi connectivity index (χ1n) is 4.04. The van der Waals surface area contributed by atoms with Gasteiger partial charge in [0.2, 0.25) is 0 Å². The number of hydrogen-bond donors (Lipinski definition) is 2. The largest absolute Gasteiger partial charge is 0.392 e. The van der Waals surface area contributed by atoms with E-state index in [2.05, 4.69) is 13.8 Å². The summed E-state index contributed by atoms with van der Waals surface area (Å²) in [5, 5.41) is 8.50. The van der Waals surface area contributed by atoms with Crippen LogP contribution in [0, 0.1) is 0 Å². The van der Waals surface area contributed by atoms with Crippen molar-refractivity contribution in [3.05, 3.63) is 0 Å². The minimum atomic E-state index is -0.370. The SMILES string of the molecule is CC(N)C(C)O.CC1O[C@H]1C. The topological polar surface area (TPSA) is 58.8 Å². The lowest BCUT2D eigenvalue weighted by atomic mass is 10.2. The molecule has 1 heterocycles. The van der Waals surface area contributed by atoms with Crippen molar-refractivity contribution in [2.75, 3.05) is 0 Å². The van der Waals surface area contributed by atoms with E-state index in [9.17, 15) is 0 Å². The van der Waals surface area contributed by atoms with E-state index in [-0.39, 0.29) is 12.1 Å². The normalized spacial score (nSPS) is 33.3. The van der Waals surface area contributed by atoms with Crippen LogP contribution in [0.5, 0.6) is 0 Å². The Labute approximate surface area is 68.5 Å². The first-order chi connectivity index (χ1) is 4.95. The lowest BCUT2D eigenvalue weighted by Gasteiger charge is -2.04. The first-order valence-corrected chi connectivity index (χ1v) is 4.04. The molecule has 1 aliphatic heterocycles. The third-order valence-corrected chi connectivity index (χ3v) is 1.77. The van der Waals surface area contributed by atoms with E-state index in [4.69, 9.17) is 15.6 Å². The molecule has 1 fully saturated rings. The highest BCUT2D eigenvalue weighted by atomic mass is 16.6. The molecule has 3 unspecified atom stereocenters. The summed E-state index contributed by atoms with van der Waals surface area (Å²) < 4.78 is 4.92. The second kappa shape index (κ2) is 4.70. The molecule has 11 heavy (non-hydrogen) atoms. The van der Waals surface area contributed by atoms with Gasteiger partial charge in [-0.25, -0.2) is 0 Å². The molecule has 3 nitrogen and oxygen atoms in total. The van der Waals surface area contributed by atoms with Gasteiger partial charge in [-0.2, -0.15) is 0 Å². The summed E-state index contributed by atoms with van der Waals surface area (Å²) in [4.78, 5) is 0. The highest BCUT2D eigenvalue weighted by molar-refractivity contribution is 4.73. The van der Waals surface area contributed by atoms with Crippen LogP contribution in [0.15, 0.2) is 0 Å². The fourth-order valence-electron chi connectivity index (χ4n) is 0.293. The van der Waals surface area contributed by atoms with Crippen molar-refractivity contribution >= 4 is 0 Å². The van der Waals surface area contributed by atoms with Crippen LogP contribution in [0.2, 0.25) is 0 Å². The summed E-state index contributed by atoms with van der Waals surface area (Å²) in [7, 11) is 0. The molecule has 4 atom stereocenters. The Morgan fingerprint density at radius 3 is 1.45 bits per heavy atom. The van der Waals surface area contributed by atoms with Crippen LogP contribution >= 0.6 is 0 Å². The van der Waals surface area contributed by atoms with Crippen LogP contribution in [0.1, 0.15) is 27.7 Å². The second-order valence-corrected chi connectivity index (χ2v) is 3.15. The minimum absolute atomic E-state index is 0.0926. The Kier molecular flexibility index (Phi) is 4.65. The molecule has 0 aromatic heterocycles. The third kappa shape index (κ3) is 6.28. The maximum Gasteiger partial charge on any atom is 0.0811 e. The number of epoxide rings is 1. The number of hydrogen-bond acceptors (Lipinski definition) is 3. The fraction of sp³-hybridized carbons (Fsp3) is 1.00. The van der Waals surface area contributed by atoms with E-state index >= 15 is 0 Å². The van der Waals surface area contributed by atoms with E-state index in [0.29, 0.717) is 12.2 Å². The third-order valence-electron chi connectivity index (χ3n) is 1.77. The Hall–Kier alpha value is -0.120. The van der Waals surface area contributed by atoms with Gasteiger partial charge >= 0.3 is 0 Å². The van der Waals surface area contributed by atoms with Crippen LogP contribution in [0.4, 0.5) is 0 Å². The summed E-state index contributed by atoms with van der Waals surface area (Å²) in [6.45, 7) is 7.59. The van der Waals surface area contributed by atoms with Crippen LogP contribution in [-0.4, -0.2) is 29.5 Å². The summed E-state index contributed by atoms with van der Waals surface area (Å²) in [5.74, 6) is 0. The van der Waals surface area contributed by atoms with Crippen LogP contribution in [0.25, 0.3) is 0 Å².